The second kappa shape index (κ2) is 8.50. The summed E-state index contributed by atoms with van der Waals surface area (Å²) in [6, 6.07) is 4.90. The van der Waals surface area contributed by atoms with Crippen LogP contribution >= 0.6 is 0 Å². The number of hydrogen-bond donors (Lipinski definition) is 3. The molecule has 112 valence electrons. The molecule has 1 rings (SSSR count). The molecule has 8 heteroatoms. The van der Waals surface area contributed by atoms with Crippen LogP contribution in [0.3, 0.4) is 0 Å². The zero-order chi connectivity index (χ0) is 15.7. The first-order valence-corrected chi connectivity index (χ1v) is 6.24. The Labute approximate surface area is 121 Å². The zero-order valence-corrected chi connectivity index (χ0v) is 11.3. The summed E-state index contributed by atoms with van der Waals surface area (Å²) in [5, 5.41) is 28.6. The van der Waals surface area contributed by atoms with Gasteiger partial charge in [-0.1, -0.05) is 6.07 Å². The van der Waals surface area contributed by atoms with Gasteiger partial charge in [-0.15, -0.1) is 0 Å². The molecule has 2 amide bonds. The van der Waals surface area contributed by atoms with Crippen LogP contribution in [0.25, 0.3) is 0 Å². The van der Waals surface area contributed by atoms with Gasteiger partial charge in [0.05, 0.1) is 19.0 Å². The van der Waals surface area contributed by atoms with Crippen molar-refractivity contribution in [2.24, 2.45) is 0 Å². The molecule has 0 aliphatic heterocycles. The van der Waals surface area contributed by atoms with Crippen molar-refractivity contribution in [1.82, 2.24) is 15.2 Å². The highest BCUT2D eigenvalue weighted by molar-refractivity contribution is 5.76. The average molecular weight is 292 g/mol. The van der Waals surface area contributed by atoms with E-state index >= 15 is 0 Å². The first-order chi connectivity index (χ1) is 10.0. The monoisotopic (exact) mass is 292 g/mol. The molecule has 0 radical (unpaired) electrons. The van der Waals surface area contributed by atoms with Gasteiger partial charge in [0.15, 0.2) is 6.10 Å². The molecule has 3 N–H and O–H groups in total. The first kappa shape index (κ1) is 16.4. The van der Waals surface area contributed by atoms with Crippen LogP contribution in [0.15, 0.2) is 24.5 Å². The van der Waals surface area contributed by atoms with Crippen LogP contribution in [0.5, 0.6) is 0 Å². The lowest BCUT2D eigenvalue weighted by atomic mass is 10.2. The van der Waals surface area contributed by atoms with Crippen LogP contribution in [0, 0.1) is 11.3 Å². The Morgan fingerprint density at radius 2 is 2.29 bits per heavy atom. The molecule has 0 saturated heterocycles. The Hall–Kier alpha value is -2.66. The minimum atomic E-state index is -1.66. The fourth-order valence-corrected chi connectivity index (χ4v) is 1.53. The first-order valence-electron chi connectivity index (χ1n) is 6.24. The standard InChI is InChI=1S/C13H16N4O4/c14-4-2-6-17(9-10-3-1-5-15-7-10)13(21)16-8-11(18)12(19)20/h1,3,5,7,11,18H,2,6,8-9H2,(H,16,21)(H,19,20). The van der Waals surface area contributed by atoms with Crippen molar-refractivity contribution < 1.29 is 19.8 Å². The number of nitriles is 1. The number of carbonyl (C=O) groups is 2. The number of nitrogens with one attached hydrogen (secondary N) is 1. The molecule has 1 atom stereocenters. The molecular formula is C13H16N4O4. The number of aromatic nitrogens is 1. The van der Waals surface area contributed by atoms with Crippen molar-refractivity contribution in [3.63, 3.8) is 0 Å². The van der Waals surface area contributed by atoms with Crippen LogP contribution in [0.2, 0.25) is 0 Å². The Kier molecular flexibility index (Phi) is 6.63. The molecule has 1 aromatic rings. The predicted molar refractivity (Wildman–Crippen MR) is 71.9 cm³/mol. The van der Waals surface area contributed by atoms with E-state index in [4.69, 9.17) is 15.5 Å². The minimum Gasteiger partial charge on any atom is -0.479 e. The summed E-state index contributed by atoms with van der Waals surface area (Å²) in [5.74, 6) is -1.41. The molecule has 8 nitrogen and oxygen atoms in total. The highest BCUT2D eigenvalue weighted by Gasteiger charge is 2.18. The number of rotatable bonds is 7. The van der Waals surface area contributed by atoms with Crippen LogP contribution in [-0.2, 0) is 11.3 Å². The van der Waals surface area contributed by atoms with Gasteiger partial charge < -0.3 is 20.4 Å². The zero-order valence-electron chi connectivity index (χ0n) is 11.3. The van der Waals surface area contributed by atoms with E-state index in [-0.39, 0.29) is 19.5 Å². The molecule has 0 bridgehead atoms. The average Bonchev–Trinajstić information content (AvgIpc) is 2.49. The number of carboxylic acid groups (broad SMARTS) is 1. The number of nitrogens with zero attached hydrogens (tertiary/aromatic N) is 3. The summed E-state index contributed by atoms with van der Waals surface area (Å²) < 4.78 is 0. The Morgan fingerprint density at radius 3 is 2.86 bits per heavy atom. The van der Waals surface area contributed by atoms with Crippen molar-refractivity contribution in [3.05, 3.63) is 30.1 Å². The van der Waals surface area contributed by atoms with Gasteiger partial charge in [-0.05, 0) is 11.6 Å². The maximum absolute atomic E-state index is 12.0. The van der Waals surface area contributed by atoms with Gasteiger partial charge in [0, 0.05) is 25.5 Å². The van der Waals surface area contributed by atoms with Gasteiger partial charge >= 0.3 is 12.0 Å². The molecular weight excluding hydrogens is 276 g/mol. The van der Waals surface area contributed by atoms with Crippen molar-refractivity contribution in [2.75, 3.05) is 13.1 Å². The Morgan fingerprint density at radius 1 is 1.52 bits per heavy atom. The van der Waals surface area contributed by atoms with Crippen molar-refractivity contribution in [3.8, 4) is 6.07 Å². The van der Waals surface area contributed by atoms with E-state index in [9.17, 15) is 9.59 Å². The summed E-state index contributed by atoms with van der Waals surface area (Å²) in [4.78, 5) is 27.7. The molecule has 0 spiro atoms. The lowest BCUT2D eigenvalue weighted by molar-refractivity contribution is -0.146. The van der Waals surface area contributed by atoms with Crippen LogP contribution in [0.1, 0.15) is 12.0 Å². The summed E-state index contributed by atoms with van der Waals surface area (Å²) in [6.07, 6.45) is 1.69. The lowest BCUT2D eigenvalue weighted by Gasteiger charge is -2.22. The second-order valence-electron chi connectivity index (χ2n) is 4.23. The number of carbonyl (C=O) groups excluding carboxylic acids is 1. The van der Waals surface area contributed by atoms with Crippen LogP contribution < -0.4 is 5.32 Å². The van der Waals surface area contributed by atoms with E-state index < -0.39 is 24.6 Å². The van der Waals surface area contributed by atoms with Gasteiger partial charge in [0.2, 0.25) is 0 Å². The summed E-state index contributed by atoms with van der Waals surface area (Å²) in [6.45, 7) is 0.0369. The largest absolute Gasteiger partial charge is 0.479 e. The summed E-state index contributed by atoms with van der Waals surface area (Å²) >= 11 is 0. The number of aliphatic hydroxyl groups is 1. The second-order valence-corrected chi connectivity index (χ2v) is 4.23. The molecule has 1 unspecified atom stereocenters. The number of urea groups is 1. The summed E-state index contributed by atoms with van der Waals surface area (Å²) in [5.41, 5.74) is 0.782. The van der Waals surface area contributed by atoms with Gasteiger partial charge in [-0.2, -0.15) is 5.26 Å². The Bertz CT molecular complexity index is 515. The van der Waals surface area contributed by atoms with Crippen molar-refractivity contribution in [1.29, 1.82) is 5.26 Å². The number of aliphatic carboxylic acids is 1. The highest BCUT2D eigenvalue weighted by Crippen LogP contribution is 2.04. The highest BCUT2D eigenvalue weighted by atomic mass is 16.4. The molecule has 1 aromatic heterocycles. The van der Waals surface area contributed by atoms with E-state index in [1.807, 2.05) is 6.07 Å². The van der Waals surface area contributed by atoms with Gasteiger partial charge in [-0.3, -0.25) is 4.98 Å². The SMILES string of the molecule is N#CCCN(Cc1cccnc1)C(=O)NCC(O)C(=O)O. The van der Waals surface area contributed by atoms with Crippen molar-refractivity contribution >= 4 is 12.0 Å². The van der Waals surface area contributed by atoms with E-state index in [0.29, 0.717) is 0 Å². The smallest absolute Gasteiger partial charge is 0.334 e. The predicted octanol–water partition coefficient (Wildman–Crippen LogP) is -0.0476. The summed E-state index contributed by atoms with van der Waals surface area (Å²) in [7, 11) is 0. The van der Waals surface area contributed by atoms with E-state index in [2.05, 4.69) is 10.3 Å². The van der Waals surface area contributed by atoms with Gasteiger partial charge in [0.1, 0.15) is 0 Å². The minimum absolute atomic E-state index is 0.148. The van der Waals surface area contributed by atoms with Crippen LogP contribution in [-0.4, -0.2) is 51.3 Å². The fraction of sp³-hybridized carbons (Fsp3) is 0.385. The third-order valence-electron chi connectivity index (χ3n) is 2.61. The molecule has 0 aliphatic rings. The molecule has 0 aromatic carbocycles. The number of amides is 2. The number of pyridine rings is 1. The van der Waals surface area contributed by atoms with E-state index in [0.717, 1.165) is 5.56 Å². The molecule has 1 heterocycles. The Balaban J connectivity index is 2.62. The quantitative estimate of drug-likeness (QED) is 0.647. The van der Waals surface area contributed by atoms with E-state index in [1.165, 1.54) is 4.90 Å². The maximum Gasteiger partial charge on any atom is 0.334 e. The third-order valence-corrected chi connectivity index (χ3v) is 2.61. The van der Waals surface area contributed by atoms with Crippen molar-refractivity contribution in [2.45, 2.75) is 19.1 Å². The maximum atomic E-state index is 12.0. The third kappa shape index (κ3) is 5.88. The molecule has 0 saturated carbocycles. The lowest BCUT2D eigenvalue weighted by Crippen LogP contribution is -2.44. The fourth-order valence-electron chi connectivity index (χ4n) is 1.53. The topological polar surface area (TPSA) is 127 Å². The number of aliphatic hydroxyl groups excluding tert-OH is 1. The van der Waals surface area contributed by atoms with Gasteiger partial charge in [-0.25, -0.2) is 9.59 Å². The number of carboxylic acids is 1. The molecule has 21 heavy (non-hydrogen) atoms. The molecule has 0 fully saturated rings. The normalized spacial score (nSPS) is 11.2. The molecule has 0 aliphatic carbocycles. The number of hydrogen-bond acceptors (Lipinski definition) is 5. The van der Waals surface area contributed by atoms with E-state index in [1.54, 1.807) is 24.5 Å². The van der Waals surface area contributed by atoms with Crippen LogP contribution in [0.4, 0.5) is 4.79 Å². The van der Waals surface area contributed by atoms with Gasteiger partial charge in [0.25, 0.3) is 0 Å².